The van der Waals surface area contributed by atoms with Crippen LogP contribution in [0, 0.1) is 6.92 Å². The number of nitrogens with zero attached hydrogens (tertiary/aromatic N) is 3. The minimum Gasteiger partial charge on any atom is -0.383 e. The molecule has 0 spiro atoms. The van der Waals surface area contributed by atoms with Crippen molar-refractivity contribution in [3.8, 4) is 0 Å². The third-order valence-corrected chi connectivity index (χ3v) is 4.07. The lowest BCUT2D eigenvalue weighted by Gasteiger charge is -2.17. The van der Waals surface area contributed by atoms with Crippen molar-refractivity contribution in [1.29, 1.82) is 0 Å². The second-order valence-electron chi connectivity index (χ2n) is 4.37. The molecule has 0 fully saturated rings. The Kier molecular flexibility index (Phi) is 5.50. The summed E-state index contributed by atoms with van der Waals surface area (Å²) < 4.78 is 6.89. The molecule has 2 rings (SSSR count). The molecule has 0 aliphatic carbocycles. The van der Waals surface area contributed by atoms with Gasteiger partial charge >= 0.3 is 0 Å². The van der Waals surface area contributed by atoms with Crippen molar-refractivity contribution in [2.45, 2.75) is 25.9 Å². The molecule has 0 aliphatic heterocycles. The summed E-state index contributed by atoms with van der Waals surface area (Å²) >= 11 is 7.85. The van der Waals surface area contributed by atoms with Crippen LogP contribution in [0.2, 0.25) is 5.02 Å². The Morgan fingerprint density at radius 3 is 3.00 bits per heavy atom. The highest BCUT2D eigenvalue weighted by Gasteiger charge is 2.20. The minimum atomic E-state index is -0.136. The first-order chi connectivity index (χ1) is 9.65. The Bertz CT molecular complexity index is 556. The summed E-state index contributed by atoms with van der Waals surface area (Å²) in [5.41, 5.74) is 4.65. The summed E-state index contributed by atoms with van der Waals surface area (Å²) in [6, 6.07) is -0.136. The molecule has 0 saturated carbocycles. The van der Waals surface area contributed by atoms with Crippen LogP contribution in [0.4, 0.5) is 0 Å². The van der Waals surface area contributed by atoms with Crippen LogP contribution in [-0.4, -0.2) is 28.5 Å². The fourth-order valence-corrected chi connectivity index (χ4v) is 2.92. The van der Waals surface area contributed by atoms with Crippen LogP contribution in [0.1, 0.15) is 22.4 Å². The average Bonchev–Trinajstić information content (AvgIpc) is 3.00. The van der Waals surface area contributed by atoms with E-state index in [0.717, 1.165) is 16.4 Å². The molecular formula is C12H18ClN5OS. The van der Waals surface area contributed by atoms with Crippen molar-refractivity contribution < 1.29 is 4.74 Å². The molecule has 2 heterocycles. The summed E-state index contributed by atoms with van der Waals surface area (Å²) in [7, 11) is 1.65. The number of halogens is 1. The third kappa shape index (κ3) is 3.56. The number of thiazole rings is 1. The fourth-order valence-electron chi connectivity index (χ4n) is 2.02. The van der Waals surface area contributed by atoms with Gasteiger partial charge in [-0.2, -0.15) is 5.10 Å². The predicted molar refractivity (Wildman–Crippen MR) is 79.7 cm³/mol. The minimum absolute atomic E-state index is 0.136. The Balaban J connectivity index is 2.20. The summed E-state index contributed by atoms with van der Waals surface area (Å²) in [4.78, 5) is 4.46. The van der Waals surface area contributed by atoms with E-state index >= 15 is 0 Å². The maximum Gasteiger partial charge on any atom is 0.0897 e. The lowest BCUT2D eigenvalue weighted by atomic mass is 10.1. The zero-order chi connectivity index (χ0) is 14.5. The van der Waals surface area contributed by atoms with E-state index in [2.05, 4.69) is 15.5 Å². The number of aromatic nitrogens is 3. The summed E-state index contributed by atoms with van der Waals surface area (Å²) in [6.07, 6.45) is 2.29. The maximum atomic E-state index is 6.23. The molecule has 0 bridgehead atoms. The maximum absolute atomic E-state index is 6.23. The monoisotopic (exact) mass is 315 g/mol. The highest BCUT2D eigenvalue weighted by Crippen LogP contribution is 2.25. The molecule has 6 nitrogen and oxygen atoms in total. The summed E-state index contributed by atoms with van der Waals surface area (Å²) in [5.74, 6) is 5.68. The van der Waals surface area contributed by atoms with E-state index in [4.69, 9.17) is 22.2 Å². The number of methoxy groups -OCH3 is 1. The van der Waals surface area contributed by atoms with Crippen LogP contribution in [0.5, 0.6) is 0 Å². The SMILES string of the molecule is COCCn1ncc(Cl)c1C(Cc1csc(C)n1)NN. The van der Waals surface area contributed by atoms with Crippen LogP contribution in [0.25, 0.3) is 0 Å². The average molecular weight is 316 g/mol. The standard InChI is InChI=1S/C12H18ClN5OS/c1-8-16-9(7-20-8)5-11(17-14)12-10(13)6-15-18(12)3-4-19-2/h6-7,11,17H,3-5,14H2,1-2H3. The first-order valence-corrected chi connectivity index (χ1v) is 7.48. The van der Waals surface area contributed by atoms with E-state index in [1.54, 1.807) is 24.6 Å². The smallest absolute Gasteiger partial charge is 0.0897 e. The van der Waals surface area contributed by atoms with Crippen LogP contribution < -0.4 is 11.3 Å². The number of hydrogen-bond acceptors (Lipinski definition) is 6. The molecule has 2 aromatic rings. The van der Waals surface area contributed by atoms with Crippen LogP contribution >= 0.6 is 22.9 Å². The topological polar surface area (TPSA) is 78.0 Å². The highest BCUT2D eigenvalue weighted by molar-refractivity contribution is 7.09. The number of nitrogens with two attached hydrogens (primary N) is 1. The van der Waals surface area contributed by atoms with Crippen molar-refractivity contribution in [2.75, 3.05) is 13.7 Å². The van der Waals surface area contributed by atoms with Crippen molar-refractivity contribution in [1.82, 2.24) is 20.2 Å². The van der Waals surface area contributed by atoms with Crippen LogP contribution in [-0.2, 0) is 17.7 Å². The van der Waals surface area contributed by atoms with Crippen molar-refractivity contribution >= 4 is 22.9 Å². The van der Waals surface area contributed by atoms with E-state index < -0.39 is 0 Å². The molecule has 110 valence electrons. The van der Waals surface area contributed by atoms with Gasteiger partial charge in [0.1, 0.15) is 0 Å². The van der Waals surface area contributed by atoms with E-state index in [9.17, 15) is 0 Å². The summed E-state index contributed by atoms with van der Waals surface area (Å²) in [5, 5.41) is 7.92. The Labute approximate surface area is 126 Å². The molecule has 2 aromatic heterocycles. The molecule has 1 unspecified atom stereocenters. The third-order valence-electron chi connectivity index (χ3n) is 2.95. The van der Waals surface area contributed by atoms with Gasteiger partial charge in [-0.3, -0.25) is 16.0 Å². The fraction of sp³-hybridized carbons (Fsp3) is 0.500. The van der Waals surface area contributed by atoms with E-state index in [1.807, 2.05) is 17.0 Å². The van der Waals surface area contributed by atoms with Gasteiger partial charge in [-0.25, -0.2) is 4.98 Å². The normalized spacial score (nSPS) is 12.8. The van der Waals surface area contributed by atoms with Gasteiger partial charge in [-0.1, -0.05) is 11.6 Å². The number of rotatable bonds is 7. The molecule has 0 amide bonds. The van der Waals surface area contributed by atoms with Gasteiger partial charge in [0, 0.05) is 18.9 Å². The van der Waals surface area contributed by atoms with E-state index in [1.165, 1.54) is 0 Å². The molecule has 0 aliphatic rings. The second kappa shape index (κ2) is 7.14. The van der Waals surface area contributed by atoms with Gasteiger partial charge in [-0.05, 0) is 6.92 Å². The van der Waals surface area contributed by atoms with Gasteiger partial charge in [0.2, 0.25) is 0 Å². The molecule has 1 atom stereocenters. The zero-order valence-electron chi connectivity index (χ0n) is 11.5. The number of hydrogen-bond donors (Lipinski definition) is 2. The lowest BCUT2D eigenvalue weighted by molar-refractivity contribution is 0.181. The Morgan fingerprint density at radius 2 is 2.40 bits per heavy atom. The van der Waals surface area contributed by atoms with Gasteiger partial charge < -0.3 is 4.74 Å². The highest BCUT2D eigenvalue weighted by atomic mass is 35.5. The first kappa shape index (κ1) is 15.4. The first-order valence-electron chi connectivity index (χ1n) is 6.23. The van der Waals surface area contributed by atoms with Gasteiger partial charge in [0.15, 0.2) is 0 Å². The molecular weight excluding hydrogens is 298 g/mol. The van der Waals surface area contributed by atoms with Gasteiger partial charge in [0.05, 0.1) is 46.8 Å². The van der Waals surface area contributed by atoms with Crippen molar-refractivity contribution in [3.63, 3.8) is 0 Å². The molecule has 0 radical (unpaired) electrons. The van der Waals surface area contributed by atoms with E-state index in [-0.39, 0.29) is 6.04 Å². The van der Waals surface area contributed by atoms with Crippen molar-refractivity contribution in [2.24, 2.45) is 5.84 Å². The largest absolute Gasteiger partial charge is 0.383 e. The Morgan fingerprint density at radius 1 is 1.60 bits per heavy atom. The second-order valence-corrected chi connectivity index (χ2v) is 5.84. The number of nitrogens with one attached hydrogen (secondary N) is 1. The Hall–Kier alpha value is -0.990. The molecule has 0 aromatic carbocycles. The van der Waals surface area contributed by atoms with E-state index in [0.29, 0.717) is 24.6 Å². The quantitative estimate of drug-likeness (QED) is 0.600. The number of aryl methyl sites for hydroxylation is 1. The van der Waals surface area contributed by atoms with Crippen molar-refractivity contribution in [3.05, 3.63) is 33.0 Å². The van der Waals surface area contributed by atoms with Crippen LogP contribution in [0.15, 0.2) is 11.6 Å². The lowest BCUT2D eigenvalue weighted by Crippen LogP contribution is -2.32. The number of hydrazine groups is 1. The molecule has 20 heavy (non-hydrogen) atoms. The molecule has 8 heteroatoms. The summed E-state index contributed by atoms with van der Waals surface area (Å²) in [6.45, 7) is 3.18. The van der Waals surface area contributed by atoms with Gasteiger partial charge in [-0.15, -0.1) is 11.3 Å². The number of ether oxygens (including phenoxy) is 1. The molecule has 0 saturated heterocycles. The predicted octanol–water partition coefficient (Wildman–Crippen LogP) is 1.69. The molecule has 3 N–H and O–H groups in total. The van der Waals surface area contributed by atoms with Gasteiger partial charge in [0.25, 0.3) is 0 Å². The zero-order valence-corrected chi connectivity index (χ0v) is 13.0. The van der Waals surface area contributed by atoms with Crippen LogP contribution in [0.3, 0.4) is 0 Å².